The van der Waals surface area contributed by atoms with Crippen LogP contribution in [0.5, 0.6) is 11.5 Å². The minimum atomic E-state index is -0.307. The molecule has 38 heavy (non-hydrogen) atoms. The number of benzene rings is 3. The van der Waals surface area contributed by atoms with Crippen molar-refractivity contribution in [3.05, 3.63) is 88.0 Å². The summed E-state index contributed by atoms with van der Waals surface area (Å²) >= 11 is 0. The molecule has 0 saturated carbocycles. The van der Waals surface area contributed by atoms with Crippen LogP contribution in [0, 0.1) is 27.7 Å². The molecule has 1 aliphatic heterocycles. The van der Waals surface area contributed by atoms with Crippen molar-refractivity contribution in [2.45, 2.75) is 65.4 Å². The zero-order chi connectivity index (χ0) is 24.9. The van der Waals surface area contributed by atoms with E-state index in [1.807, 2.05) is 30.3 Å². The quantitative estimate of drug-likeness (QED) is 0.267. The molecular weight excluding hydrogens is 539 g/mol. The molecule has 0 amide bonds. The third-order valence-electron chi connectivity index (χ3n) is 7.95. The van der Waals surface area contributed by atoms with E-state index in [2.05, 4.69) is 56.9 Å². The highest BCUT2D eigenvalue weighted by molar-refractivity contribution is 5.86. The molecule has 1 unspecified atom stereocenters. The van der Waals surface area contributed by atoms with E-state index in [1.165, 1.54) is 33.4 Å². The fraction of sp³-hybridized carbons (Fsp3) is 0.419. The Morgan fingerprint density at radius 3 is 1.89 bits per heavy atom. The zero-order valence-electron chi connectivity index (χ0n) is 22.9. The molecule has 4 nitrogen and oxygen atoms in total. The molecule has 1 aliphatic rings. The van der Waals surface area contributed by atoms with Crippen LogP contribution in [0.25, 0.3) is 0 Å². The maximum absolute atomic E-state index is 10.8. The molecule has 210 valence electrons. The smallest absolute Gasteiger partial charge is 0.127 e. The monoisotopic (exact) mass is 580 g/mol. The van der Waals surface area contributed by atoms with Crippen molar-refractivity contribution < 1.29 is 9.84 Å². The average molecular weight is 582 g/mol. The number of nitrogens with two attached hydrogens (primary N) is 1. The van der Waals surface area contributed by atoms with Crippen LogP contribution < -0.4 is 10.5 Å². The lowest BCUT2D eigenvalue weighted by molar-refractivity contribution is 0.0912. The highest BCUT2D eigenvalue weighted by atomic mass is 35.5. The molecule has 1 atom stereocenters. The Morgan fingerprint density at radius 1 is 0.816 bits per heavy atom. The van der Waals surface area contributed by atoms with E-state index < -0.39 is 0 Å². The lowest BCUT2D eigenvalue weighted by Gasteiger charge is -2.33. The highest BCUT2D eigenvalue weighted by Crippen LogP contribution is 2.32. The number of para-hydroxylation sites is 1. The first-order chi connectivity index (χ1) is 16.8. The highest BCUT2D eigenvalue weighted by Gasteiger charge is 2.23. The van der Waals surface area contributed by atoms with Gasteiger partial charge in [0, 0.05) is 12.2 Å². The molecule has 0 spiro atoms. The summed E-state index contributed by atoms with van der Waals surface area (Å²) in [6.07, 6.45) is 3.63. The molecule has 0 bridgehead atoms. The molecule has 1 heterocycles. The molecule has 0 aromatic heterocycles. The summed E-state index contributed by atoms with van der Waals surface area (Å²) in [5.74, 6) is 2.30. The summed E-state index contributed by atoms with van der Waals surface area (Å²) < 4.78 is 5.93. The molecule has 3 aromatic rings. The number of rotatable bonds is 8. The SMILES string of the molecule is Cc1c(C)c(CCC(O)CN2CCC(c3ccc(Oc4ccccc4)cc3)CC2)c(C)c(C)c1N.Cl.Cl.Cl. The number of ether oxygens (including phenoxy) is 1. The van der Waals surface area contributed by atoms with Crippen LogP contribution in [0.15, 0.2) is 54.6 Å². The van der Waals surface area contributed by atoms with Gasteiger partial charge in [-0.15, -0.1) is 37.2 Å². The van der Waals surface area contributed by atoms with Crippen molar-refractivity contribution in [1.29, 1.82) is 0 Å². The minimum absolute atomic E-state index is 0. The van der Waals surface area contributed by atoms with Crippen LogP contribution in [0.4, 0.5) is 5.69 Å². The molecule has 0 radical (unpaired) electrons. The summed E-state index contributed by atoms with van der Waals surface area (Å²) in [5.41, 5.74) is 14.8. The van der Waals surface area contributed by atoms with Gasteiger partial charge in [0.15, 0.2) is 0 Å². The normalized spacial score (nSPS) is 14.6. The molecule has 1 saturated heterocycles. The number of hydrogen-bond acceptors (Lipinski definition) is 4. The van der Waals surface area contributed by atoms with Crippen molar-refractivity contribution >= 4 is 42.9 Å². The summed E-state index contributed by atoms with van der Waals surface area (Å²) in [6.45, 7) is 11.3. The first-order valence-corrected chi connectivity index (χ1v) is 12.9. The third-order valence-corrected chi connectivity index (χ3v) is 7.95. The van der Waals surface area contributed by atoms with Crippen molar-refractivity contribution in [3.63, 3.8) is 0 Å². The summed E-state index contributed by atoms with van der Waals surface area (Å²) in [7, 11) is 0. The van der Waals surface area contributed by atoms with E-state index in [9.17, 15) is 5.11 Å². The average Bonchev–Trinajstić information content (AvgIpc) is 2.88. The Balaban J connectivity index is 0.00000241. The second-order valence-corrected chi connectivity index (χ2v) is 10.1. The number of aliphatic hydroxyl groups excluding tert-OH is 1. The van der Waals surface area contributed by atoms with Gasteiger partial charge in [-0.1, -0.05) is 30.3 Å². The van der Waals surface area contributed by atoms with Crippen LogP contribution in [0.3, 0.4) is 0 Å². The van der Waals surface area contributed by atoms with Crippen LogP contribution >= 0.6 is 37.2 Å². The van der Waals surface area contributed by atoms with Crippen LogP contribution in [0.2, 0.25) is 0 Å². The van der Waals surface area contributed by atoms with E-state index >= 15 is 0 Å². The van der Waals surface area contributed by atoms with Crippen molar-refractivity contribution in [2.75, 3.05) is 25.4 Å². The van der Waals surface area contributed by atoms with Crippen molar-refractivity contribution in [2.24, 2.45) is 0 Å². The lowest BCUT2D eigenvalue weighted by atomic mass is 9.88. The Hall–Kier alpha value is -1.95. The van der Waals surface area contributed by atoms with Gasteiger partial charge in [0.1, 0.15) is 11.5 Å². The Morgan fingerprint density at radius 2 is 1.34 bits per heavy atom. The van der Waals surface area contributed by atoms with Gasteiger partial charge in [-0.3, -0.25) is 0 Å². The van der Waals surface area contributed by atoms with Crippen LogP contribution in [-0.2, 0) is 6.42 Å². The van der Waals surface area contributed by atoms with Crippen molar-refractivity contribution in [3.8, 4) is 11.5 Å². The summed E-state index contributed by atoms with van der Waals surface area (Å²) in [6, 6.07) is 18.4. The predicted octanol–water partition coefficient (Wildman–Crippen LogP) is 7.73. The number of anilines is 1. The molecular formula is C31H43Cl3N2O2. The summed E-state index contributed by atoms with van der Waals surface area (Å²) in [4.78, 5) is 2.42. The van der Waals surface area contributed by atoms with Gasteiger partial charge in [-0.25, -0.2) is 0 Å². The fourth-order valence-electron chi connectivity index (χ4n) is 5.38. The van der Waals surface area contributed by atoms with Gasteiger partial charge in [0.2, 0.25) is 0 Å². The third kappa shape index (κ3) is 8.27. The number of nitrogen functional groups attached to an aromatic ring is 1. The molecule has 1 fully saturated rings. The number of β-amino-alcohol motifs (C(OH)–C–C–N with tert-alkyl or cyclic N) is 1. The molecule has 3 N–H and O–H groups in total. The van der Waals surface area contributed by atoms with E-state index in [4.69, 9.17) is 10.5 Å². The molecule has 3 aromatic carbocycles. The molecule has 4 rings (SSSR count). The number of aliphatic hydroxyl groups is 1. The van der Waals surface area contributed by atoms with Crippen molar-refractivity contribution in [1.82, 2.24) is 4.90 Å². The van der Waals surface area contributed by atoms with E-state index in [0.717, 1.165) is 62.5 Å². The number of halogens is 3. The lowest BCUT2D eigenvalue weighted by Crippen LogP contribution is -2.38. The van der Waals surface area contributed by atoms with Gasteiger partial charge >= 0.3 is 0 Å². The van der Waals surface area contributed by atoms with Gasteiger partial charge in [-0.2, -0.15) is 0 Å². The topological polar surface area (TPSA) is 58.7 Å². The van der Waals surface area contributed by atoms with E-state index in [0.29, 0.717) is 5.92 Å². The second-order valence-electron chi connectivity index (χ2n) is 10.1. The standard InChI is InChI=1S/C31H40N2O2.3ClH/c1-21-23(3)31(32)24(4)22(2)30(21)15-12-27(34)20-33-18-16-26(17-19-33)25-10-13-29(14-11-25)35-28-8-6-5-7-9-28;;;/h5-11,13-14,26-27,34H,12,15-20,32H2,1-4H3;3*1H. The van der Waals surface area contributed by atoms with E-state index in [-0.39, 0.29) is 43.3 Å². The number of hydrogen-bond donors (Lipinski definition) is 2. The number of nitrogens with zero attached hydrogens (tertiary/aromatic N) is 1. The largest absolute Gasteiger partial charge is 0.457 e. The first-order valence-electron chi connectivity index (χ1n) is 12.9. The Bertz CT molecular complexity index is 1100. The maximum atomic E-state index is 10.8. The fourth-order valence-corrected chi connectivity index (χ4v) is 5.38. The van der Waals surface area contributed by atoms with Gasteiger partial charge < -0.3 is 20.5 Å². The van der Waals surface area contributed by atoms with Gasteiger partial charge in [-0.05, 0) is 130 Å². The van der Waals surface area contributed by atoms with E-state index in [1.54, 1.807) is 0 Å². The minimum Gasteiger partial charge on any atom is -0.457 e. The second kappa shape index (κ2) is 15.6. The predicted molar refractivity (Wildman–Crippen MR) is 167 cm³/mol. The summed E-state index contributed by atoms with van der Waals surface area (Å²) in [5, 5.41) is 10.8. The Kier molecular flexibility index (Phi) is 14.0. The van der Waals surface area contributed by atoms with Gasteiger partial charge in [0.25, 0.3) is 0 Å². The molecule has 7 heteroatoms. The molecule has 0 aliphatic carbocycles. The van der Waals surface area contributed by atoms with Crippen LogP contribution in [0.1, 0.15) is 58.6 Å². The zero-order valence-corrected chi connectivity index (χ0v) is 25.4. The first kappa shape index (κ1) is 34.1. The number of piperidine rings is 1. The van der Waals surface area contributed by atoms with Crippen LogP contribution in [-0.4, -0.2) is 35.7 Å². The maximum Gasteiger partial charge on any atom is 0.127 e. The van der Waals surface area contributed by atoms with Gasteiger partial charge in [0.05, 0.1) is 6.10 Å². The Labute approximate surface area is 247 Å². The number of likely N-dealkylation sites (tertiary alicyclic amines) is 1.